The molecule has 3 aromatic carbocycles. The molecule has 1 aliphatic heterocycles. The van der Waals surface area contributed by atoms with Gasteiger partial charge in [-0.2, -0.15) is 0 Å². The van der Waals surface area contributed by atoms with Crippen molar-refractivity contribution in [2.45, 2.75) is 32.1 Å². The normalized spacial score (nSPS) is 15.2. The van der Waals surface area contributed by atoms with Gasteiger partial charge in [0.25, 0.3) is 0 Å². The molecule has 0 saturated carbocycles. The van der Waals surface area contributed by atoms with Crippen molar-refractivity contribution in [3.63, 3.8) is 0 Å². The van der Waals surface area contributed by atoms with Crippen molar-refractivity contribution < 1.29 is 9.53 Å². The predicted octanol–water partition coefficient (Wildman–Crippen LogP) is 5.58. The Kier molecular flexibility index (Phi) is 5.70. The molecule has 29 heavy (non-hydrogen) atoms. The minimum atomic E-state index is -0.233. The third kappa shape index (κ3) is 4.37. The standard InChI is InChI=1S/C25H28N2O2/c1-18(19-6-7-21-17-24(29-2)13-8-20(21)16-19)25(28)26-22-9-11-23(12-10-22)27-14-4-3-5-15-27/h6-13,16-18H,3-5,14-15H2,1-2H3,(H,26,28)/t18-/m0/s1. The number of piperidine rings is 1. The van der Waals surface area contributed by atoms with E-state index in [0.29, 0.717) is 0 Å². The molecule has 3 aromatic rings. The number of fused-ring (bicyclic) bond motifs is 1. The Balaban J connectivity index is 1.44. The van der Waals surface area contributed by atoms with Crippen molar-refractivity contribution in [1.29, 1.82) is 0 Å². The summed E-state index contributed by atoms with van der Waals surface area (Å²) in [6.07, 6.45) is 3.84. The summed E-state index contributed by atoms with van der Waals surface area (Å²) in [5.74, 6) is 0.607. The minimum Gasteiger partial charge on any atom is -0.497 e. The molecule has 0 bridgehead atoms. The maximum atomic E-state index is 12.8. The zero-order valence-electron chi connectivity index (χ0n) is 17.2. The molecule has 0 unspecified atom stereocenters. The van der Waals surface area contributed by atoms with Crippen LogP contribution in [0.5, 0.6) is 5.75 Å². The number of nitrogens with zero attached hydrogens (tertiary/aromatic N) is 1. The van der Waals surface area contributed by atoms with Crippen molar-refractivity contribution in [1.82, 2.24) is 0 Å². The zero-order valence-corrected chi connectivity index (χ0v) is 17.2. The molecule has 0 aromatic heterocycles. The molecule has 1 fully saturated rings. The molecule has 1 heterocycles. The number of benzene rings is 3. The van der Waals surface area contributed by atoms with E-state index in [1.165, 1.54) is 24.9 Å². The monoisotopic (exact) mass is 388 g/mol. The molecule has 4 rings (SSSR count). The van der Waals surface area contributed by atoms with Crippen LogP contribution in [0.2, 0.25) is 0 Å². The lowest BCUT2D eigenvalue weighted by molar-refractivity contribution is -0.117. The fourth-order valence-electron chi connectivity index (χ4n) is 3.95. The van der Waals surface area contributed by atoms with Crippen LogP contribution in [-0.2, 0) is 4.79 Å². The van der Waals surface area contributed by atoms with E-state index in [1.54, 1.807) is 7.11 Å². The van der Waals surface area contributed by atoms with E-state index in [1.807, 2.05) is 49.4 Å². The third-order valence-electron chi connectivity index (χ3n) is 5.82. The Bertz CT molecular complexity index is 991. The summed E-state index contributed by atoms with van der Waals surface area (Å²) in [5.41, 5.74) is 3.08. The summed E-state index contributed by atoms with van der Waals surface area (Å²) in [5, 5.41) is 5.27. The van der Waals surface area contributed by atoms with Gasteiger partial charge < -0.3 is 15.0 Å². The molecule has 0 spiro atoms. The van der Waals surface area contributed by atoms with Gasteiger partial charge in [0.05, 0.1) is 13.0 Å². The summed E-state index contributed by atoms with van der Waals surface area (Å²) in [4.78, 5) is 15.2. The molecule has 0 radical (unpaired) electrons. The average molecular weight is 389 g/mol. The van der Waals surface area contributed by atoms with Crippen molar-refractivity contribution >= 4 is 28.1 Å². The van der Waals surface area contributed by atoms with E-state index in [4.69, 9.17) is 4.74 Å². The molecular formula is C25H28N2O2. The van der Waals surface area contributed by atoms with E-state index in [0.717, 1.165) is 40.9 Å². The van der Waals surface area contributed by atoms with Gasteiger partial charge in [0.15, 0.2) is 0 Å². The van der Waals surface area contributed by atoms with Crippen LogP contribution in [0.3, 0.4) is 0 Å². The van der Waals surface area contributed by atoms with Crippen LogP contribution in [0.15, 0.2) is 60.7 Å². The first-order valence-electron chi connectivity index (χ1n) is 10.4. The van der Waals surface area contributed by atoms with Crippen LogP contribution in [0.25, 0.3) is 10.8 Å². The summed E-state index contributed by atoms with van der Waals surface area (Å²) < 4.78 is 5.28. The third-order valence-corrected chi connectivity index (χ3v) is 5.82. The molecule has 150 valence electrons. The first-order valence-corrected chi connectivity index (χ1v) is 10.4. The molecule has 4 nitrogen and oxygen atoms in total. The SMILES string of the molecule is COc1ccc2cc([C@H](C)C(=O)Nc3ccc(N4CCCCC4)cc3)ccc2c1. The lowest BCUT2D eigenvalue weighted by Crippen LogP contribution is -2.29. The van der Waals surface area contributed by atoms with E-state index in [-0.39, 0.29) is 11.8 Å². The van der Waals surface area contributed by atoms with Gasteiger partial charge in [-0.1, -0.05) is 24.3 Å². The number of amides is 1. The first kappa shape index (κ1) is 19.3. The van der Waals surface area contributed by atoms with Crippen molar-refractivity contribution in [3.8, 4) is 5.75 Å². The number of rotatable bonds is 5. The second kappa shape index (κ2) is 8.56. The number of methoxy groups -OCH3 is 1. The van der Waals surface area contributed by atoms with E-state index < -0.39 is 0 Å². The van der Waals surface area contributed by atoms with Crippen molar-refractivity contribution in [2.75, 3.05) is 30.4 Å². The van der Waals surface area contributed by atoms with Crippen LogP contribution in [0, 0.1) is 0 Å². The highest BCUT2D eigenvalue weighted by molar-refractivity contribution is 5.96. The summed E-state index contributed by atoms with van der Waals surface area (Å²) in [6, 6.07) is 20.3. The summed E-state index contributed by atoms with van der Waals surface area (Å²) in [6.45, 7) is 4.19. The molecule has 1 N–H and O–H groups in total. The smallest absolute Gasteiger partial charge is 0.231 e. The topological polar surface area (TPSA) is 41.6 Å². The van der Waals surface area contributed by atoms with Crippen molar-refractivity contribution in [2.24, 2.45) is 0 Å². The number of hydrogen-bond donors (Lipinski definition) is 1. The van der Waals surface area contributed by atoms with Gasteiger partial charge >= 0.3 is 0 Å². The summed E-state index contributed by atoms with van der Waals surface area (Å²) in [7, 11) is 1.67. The molecule has 1 aliphatic rings. The van der Waals surface area contributed by atoms with Crippen LogP contribution in [0.4, 0.5) is 11.4 Å². The Morgan fingerprint density at radius 1 is 0.931 bits per heavy atom. The van der Waals surface area contributed by atoms with Gasteiger partial charge in [0, 0.05) is 24.5 Å². The van der Waals surface area contributed by atoms with E-state index in [9.17, 15) is 4.79 Å². The number of carbonyl (C=O) groups excluding carboxylic acids is 1. The average Bonchev–Trinajstić information content (AvgIpc) is 2.79. The molecule has 1 saturated heterocycles. The second-order valence-electron chi connectivity index (χ2n) is 7.78. The van der Waals surface area contributed by atoms with Gasteiger partial charge in [-0.05, 0) is 78.9 Å². The van der Waals surface area contributed by atoms with Crippen LogP contribution < -0.4 is 15.0 Å². The van der Waals surface area contributed by atoms with Gasteiger partial charge in [-0.15, -0.1) is 0 Å². The number of ether oxygens (including phenoxy) is 1. The van der Waals surface area contributed by atoms with Gasteiger partial charge in [-0.3, -0.25) is 4.79 Å². The Morgan fingerprint density at radius 3 is 2.34 bits per heavy atom. The van der Waals surface area contributed by atoms with Gasteiger partial charge in [0.1, 0.15) is 5.75 Å². The molecule has 0 aliphatic carbocycles. The number of nitrogens with one attached hydrogen (secondary N) is 1. The highest BCUT2D eigenvalue weighted by atomic mass is 16.5. The number of carbonyl (C=O) groups is 1. The highest BCUT2D eigenvalue weighted by Gasteiger charge is 2.16. The molecule has 4 heteroatoms. The molecule has 1 amide bonds. The lowest BCUT2D eigenvalue weighted by Gasteiger charge is -2.28. The van der Waals surface area contributed by atoms with Gasteiger partial charge in [0.2, 0.25) is 5.91 Å². The Morgan fingerprint density at radius 2 is 1.62 bits per heavy atom. The van der Waals surface area contributed by atoms with Crippen LogP contribution in [-0.4, -0.2) is 26.1 Å². The zero-order chi connectivity index (χ0) is 20.2. The fourth-order valence-corrected chi connectivity index (χ4v) is 3.95. The fraction of sp³-hybridized carbons (Fsp3) is 0.320. The van der Waals surface area contributed by atoms with Crippen molar-refractivity contribution in [3.05, 3.63) is 66.2 Å². The Labute approximate surface area is 172 Å². The minimum absolute atomic E-state index is 0.00332. The van der Waals surface area contributed by atoms with E-state index in [2.05, 4.69) is 28.4 Å². The van der Waals surface area contributed by atoms with Crippen LogP contribution >= 0.6 is 0 Å². The Hall–Kier alpha value is -3.01. The van der Waals surface area contributed by atoms with Crippen LogP contribution in [0.1, 0.15) is 37.7 Å². The predicted molar refractivity (Wildman–Crippen MR) is 120 cm³/mol. The number of anilines is 2. The lowest BCUT2D eigenvalue weighted by atomic mass is 9.97. The first-order chi connectivity index (χ1) is 14.1. The van der Waals surface area contributed by atoms with E-state index >= 15 is 0 Å². The molecular weight excluding hydrogens is 360 g/mol. The largest absolute Gasteiger partial charge is 0.497 e. The summed E-state index contributed by atoms with van der Waals surface area (Å²) >= 11 is 0. The van der Waals surface area contributed by atoms with Gasteiger partial charge in [-0.25, -0.2) is 0 Å². The maximum absolute atomic E-state index is 12.8. The highest BCUT2D eigenvalue weighted by Crippen LogP contribution is 2.27. The maximum Gasteiger partial charge on any atom is 0.231 e. The second-order valence-corrected chi connectivity index (χ2v) is 7.78. The number of hydrogen-bond acceptors (Lipinski definition) is 3. The molecule has 1 atom stereocenters. The quantitative estimate of drug-likeness (QED) is 0.620.